The van der Waals surface area contributed by atoms with Crippen LogP contribution < -0.4 is 10.2 Å². The lowest BCUT2D eigenvalue weighted by Gasteiger charge is -2.42. The number of nitrogens with zero attached hydrogens (tertiary/aromatic N) is 3. The first-order valence-corrected chi connectivity index (χ1v) is 10.5. The summed E-state index contributed by atoms with van der Waals surface area (Å²) in [7, 11) is 0. The molecule has 0 bridgehead atoms. The fraction of sp³-hybridized carbons (Fsp3) is 0.273. The highest BCUT2D eigenvalue weighted by Crippen LogP contribution is 2.37. The number of para-hydroxylation sites is 2. The Hall–Kier alpha value is -3.13. The zero-order valence-electron chi connectivity index (χ0n) is 17.2. The summed E-state index contributed by atoms with van der Waals surface area (Å²) in [5.41, 5.74) is 3.45. The number of aryl methyl sites for hydroxylation is 2. The van der Waals surface area contributed by atoms with Crippen molar-refractivity contribution in [3.63, 3.8) is 0 Å². The summed E-state index contributed by atoms with van der Waals surface area (Å²) in [5.74, 6) is 0.0447. The molecule has 0 saturated carbocycles. The highest BCUT2D eigenvalue weighted by Gasteiger charge is 2.43. The maximum Gasteiger partial charge on any atom is 0.277 e. The largest absolute Gasteiger partial charge is 0.411 e. The van der Waals surface area contributed by atoms with Crippen LogP contribution in [0.3, 0.4) is 0 Å². The van der Waals surface area contributed by atoms with E-state index < -0.39 is 5.54 Å². The number of thioether (sulfide) groups is 1. The Bertz CT molecular complexity index is 1140. The minimum atomic E-state index is -1.01. The molecule has 4 rings (SSSR count). The topological polar surface area (TPSA) is 88.3 Å². The SMILES string of the molecule is Cc1ccc(-c2nnc(SCC(=O)N3c4ccccc4NC(=O)C3(C)C)o2)cc1C. The van der Waals surface area contributed by atoms with Crippen LogP contribution >= 0.6 is 11.8 Å². The van der Waals surface area contributed by atoms with Gasteiger partial charge >= 0.3 is 0 Å². The van der Waals surface area contributed by atoms with Crippen molar-refractivity contribution in [3.8, 4) is 11.5 Å². The maximum absolute atomic E-state index is 13.1. The lowest BCUT2D eigenvalue weighted by molar-refractivity contribution is -0.125. The van der Waals surface area contributed by atoms with Crippen LogP contribution in [-0.2, 0) is 9.59 Å². The Morgan fingerprint density at radius 3 is 2.67 bits per heavy atom. The molecule has 7 nitrogen and oxygen atoms in total. The van der Waals surface area contributed by atoms with Crippen LogP contribution in [0.5, 0.6) is 0 Å². The summed E-state index contributed by atoms with van der Waals surface area (Å²) in [6.07, 6.45) is 0. The molecule has 8 heteroatoms. The van der Waals surface area contributed by atoms with Gasteiger partial charge in [0.2, 0.25) is 17.7 Å². The number of carbonyl (C=O) groups excluding carboxylic acids is 2. The fourth-order valence-electron chi connectivity index (χ4n) is 3.35. The van der Waals surface area contributed by atoms with Gasteiger partial charge in [-0.25, -0.2) is 0 Å². The highest BCUT2D eigenvalue weighted by atomic mass is 32.2. The second kappa shape index (κ2) is 7.60. The van der Waals surface area contributed by atoms with Crippen molar-refractivity contribution in [1.29, 1.82) is 0 Å². The Morgan fingerprint density at radius 2 is 1.90 bits per heavy atom. The van der Waals surface area contributed by atoms with Gasteiger partial charge in [-0.3, -0.25) is 14.5 Å². The first kappa shape index (κ1) is 20.2. The lowest BCUT2D eigenvalue weighted by atomic mass is 9.96. The van der Waals surface area contributed by atoms with Crippen LogP contribution in [0, 0.1) is 13.8 Å². The molecule has 0 unspecified atom stereocenters. The van der Waals surface area contributed by atoms with Crippen LogP contribution in [0.2, 0.25) is 0 Å². The monoisotopic (exact) mass is 422 g/mol. The maximum atomic E-state index is 13.1. The molecule has 1 aromatic heterocycles. The molecule has 0 saturated heterocycles. The molecule has 3 aromatic rings. The van der Waals surface area contributed by atoms with Gasteiger partial charge in [0.05, 0.1) is 17.1 Å². The van der Waals surface area contributed by atoms with E-state index in [0.717, 1.165) is 22.9 Å². The molecule has 1 N–H and O–H groups in total. The van der Waals surface area contributed by atoms with Gasteiger partial charge in [-0.1, -0.05) is 30.0 Å². The fourth-order valence-corrected chi connectivity index (χ4v) is 3.96. The summed E-state index contributed by atoms with van der Waals surface area (Å²) in [4.78, 5) is 27.2. The molecule has 2 amide bonds. The Kier molecular flexibility index (Phi) is 5.11. The molecule has 1 aliphatic heterocycles. The van der Waals surface area contributed by atoms with Crippen molar-refractivity contribution in [3.05, 3.63) is 53.6 Å². The van der Waals surface area contributed by atoms with Crippen LogP contribution in [0.1, 0.15) is 25.0 Å². The molecular formula is C22H22N4O3S. The number of hydrogen-bond acceptors (Lipinski definition) is 6. The van der Waals surface area contributed by atoms with Gasteiger partial charge in [0.25, 0.3) is 5.22 Å². The number of anilines is 2. The quantitative estimate of drug-likeness (QED) is 0.634. The minimum absolute atomic E-state index is 0.0691. The Balaban J connectivity index is 1.52. The predicted molar refractivity (Wildman–Crippen MR) is 117 cm³/mol. The van der Waals surface area contributed by atoms with Gasteiger partial charge in [-0.2, -0.15) is 0 Å². The van der Waals surface area contributed by atoms with E-state index in [-0.39, 0.29) is 17.6 Å². The van der Waals surface area contributed by atoms with Crippen LogP contribution in [0.4, 0.5) is 11.4 Å². The smallest absolute Gasteiger partial charge is 0.277 e. The average molecular weight is 423 g/mol. The molecular weight excluding hydrogens is 400 g/mol. The summed E-state index contributed by atoms with van der Waals surface area (Å²) in [6, 6.07) is 13.2. The number of nitrogens with one attached hydrogen (secondary N) is 1. The third kappa shape index (κ3) is 3.59. The molecule has 0 spiro atoms. The first-order valence-electron chi connectivity index (χ1n) is 9.55. The minimum Gasteiger partial charge on any atom is -0.411 e. The zero-order chi connectivity index (χ0) is 21.5. The predicted octanol–water partition coefficient (Wildman–Crippen LogP) is 4.21. The third-order valence-electron chi connectivity index (χ3n) is 5.24. The third-order valence-corrected chi connectivity index (χ3v) is 6.04. The van der Waals surface area contributed by atoms with Gasteiger partial charge in [0.15, 0.2) is 0 Å². The number of aromatic nitrogens is 2. The standard InChI is InChI=1S/C22H22N4O3S/c1-13-9-10-15(11-14(13)2)19-24-25-21(29-19)30-12-18(27)26-17-8-6-5-7-16(17)23-20(28)22(26,3)4/h5-11H,12H2,1-4H3,(H,23,28). The van der Waals surface area contributed by atoms with E-state index in [1.54, 1.807) is 19.9 Å². The van der Waals surface area contributed by atoms with Crippen LogP contribution in [0.25, 0.3) is 11.5 Å². The number of hydrogen-bond donors (Lipinski definition) is 1. The van der Waals surface area contributed by atoms with Gasteiger partial charge < -0.3 is 9.73 Å². The van der Waals surface area contributed by atoms with Crippen molar-refractivity contribution in [2.24, 2.45) is 0 Å². The zero-order valence-corrected chi connectivity index (χ0v) is 18.0. The second-order valence-corrected chi connectivity index (χ2v) is 8.65. The number of fused-ring (bicyclic) bond motifs is 1. The van der Waals surface area contributed by atoms with Crippen molar-refractivity contribution in [2.75, 3.05) is 16.0 Å². The van der Waals surface area contributed by atoms with E-state index >= 15 is 0 Å². The van der Waals surface area contributed by atoms with Gasteiger partial charge in [-0.05, 0) is 63.1 Å². The summed E-state index contributed by atoms with van der Waals surface area (Å²) < 4.78 is 5.74. The molecule has 0 aliphatic carbocycles. The number of rotatable bonds is 4. The molecule has 0 radical (unpaired) electrons. The number of carbonyl (C=O) groups is 2. The average Bonchev–Trinajstić information content (AvgIpc) is 3.18. The van der Waals surface area contributed by atoms with Crippen molar-refractivity contribution < 1.29 is 14.0 Å². The van der Waals surface area contributed by atoms with Crippen molar-refractivity contribution in [1.82, 2.24) is 10.2 Å². The second-order valence-electron chi connectivity index (χ2n) is 7.72. The van der Waals surface area contributed by atoms with Gasteiger partial charge in [0, 0.05) is 5.56 Å². The molecule has 30 heavy (non-hydrogen) atoms. The number of benzene rings is 2. The van der Waals surface area contributed by atoms with E-state index in [0.29, 0.717) is 22.5 Å². The molecule has 2 aromatic carbocycles. The van der Waals surface area contributed by atoms with Gasteiger partial charge in [0.1, 0.15) is 5.54 Å². The van der Waals surface area contributed by atoms with Crippen LogP contribution in [0.15, 0.2) is 52.1 Å². The van der Waals surface area contributed by atoms with E-state index in [1.807, 2.05) is 50.2 Å². The van der Waals surface area contributed by atoms with Crippen LogP contribution in [-0.4, -0.2) is 33.3 Å². The lowest BCUT2D eigenvalue weighted by Crippen LogP contribution is -2.58. The van der Waals surface area contributed by atoms with Gasteiger partial charge in [-0.15, -0.1) is 10.2 Å². The summed E-state index contributed by atoms with van der Waals surface area (Å²) in [5, 5.41) is 11.3. The summed E-state index contributed by atoms with van der Waals surface area (Å²) >= 11 is 1.16. The molecule has 2 heterocycles. The van der Waals surface area contributed by atoms with Crippen molar-refractivity contribution >= 4 is 35.0 Å². The van der Waals surface area contributed by atoms with Crippen molar-refractivity contribution in [2.45, 2.75) is 38.5 Å². The van der Waals surface area contributed by atoms with E-state index in [1.165, 1.54) is 10.5 Å². The molecule has 0 atom stereocenters. The molecule has 154 valence electrons. The highest BCUT2D eigenvalue weighted by molar-refractivity contribution is 7.99. The normalized spacial score (nSPS) is 14.9. The van der Waals surface area contributed by atoms with E-state index in [4.69, 9.17) is 4.42 Å². The number of amides is 2. The summed E-state index contributed by atoms with van der Waals surface area (Å²) in [6.45, 7) is 7.52. The molecule has 0 fully saturated rings. The van der Waals surface area contributed by atoms with E-state index in [2.05, 4.69) is 15.5 Å². The Morgan fingerprint density at radius 1 is 1.13 bits per heavy atom. The van der Waals surface area contributed by atoms with E-state index in [9.17, 15) is 9.59 Å². The first-order chi connectivity index (χ1) is 14.3. The molecule has 1 aliphatic rings. The Labute approximate surface area is 178 Å².